The van der Waals surface area contributed by atoms with Gasteiger partial charge >= 0.3 is 0 Å². The quantitative estimate of drug-likeness (QED) is 0.750. The van der Waals surface area contributed by atoms with Crippen molar-refractivity contribution in [1.82, 2.24) is 14.8 Å². The Hall–Kier alpha value is -3.13. The van der Waals surface area contributed by atoms with E-state index in [0.717, 1.165) is 5.56 Å². The minimum atomic E-state index is -0.470. The van der Waals surface area contributed by atoms with Crippen molar-refractivity contribution in [3.63, 3.8) is 0 Å². The first-order chi connectivity index (χ1) is 12.1. The van der Waals surface area contributed by atoms with E-state index >= 15 is 0 Å². The smallest absolute Gasteiger partial charge is 0.293 e. The summed E-state index contributed by atoms with van der Waals surface area (Å²) in [5, 5.41) is 10.1. The van der Waals surface area contributed by atoms with E-state index < -0.39 is 5.91 Å². The maximum absolute atomic E-state index is 12.0. The SMILES string of the molecule is O=C1CC(c2ccc(Cl)cc2)n2nc(NC(=O)c3ccco3)nc2N1. The molecule has 3 aromatic rings. The third-order valence-electron chi connectivity index (χ3n) is 3.78. The number of anilines is 2. The summed E-state index contributed by atoms with van der Waals surface area (Å²) >= 11 is 5.92. The number of benzene rings is 1. The number of nitrogens with one attached hydrogen (secondary N) is 2. The van der Waals surface area contributed by atoms with Gasteiger partial charge in [-0.05, 0) is 29.8 Å². The Morgan fingerprint density at radius 3 is 2.84 bits per heavy atom. The zero-order valence-electron chi connectivity index (χ0n) is 12.8. The van der Waals surface area contributed by atoms with Crippen LogP contribution >= 0.6 is 11.6 Å². The molecule has 2 N–H and O–H groups in total. The number of carbonyl (C=O) groups excluding carboxylic acids is 2. The first-order valence-corrected chi connectivity index (χ1v) is 7.84. The largest absolute Gasteiger partial charge is 0.459 e. The number of rotatable bonds is 3. The molecule has 2 amide bonds. The number of aromatic nitrogens is 3. The fourth-order valence-corrected chi connectivity index (χ4v) is 2.76. The summed E-state index contributed by atoms with van der Waals surface area (Å²) in [5.74, 6) is -0.152. The van der Waals surface area contributed by atoms with E-state index in [9.17, 15) is 9.59 Å². The van der Waals surface area contributed by atoms with Crippen LogP contribution in [-0.4, -0.2) is 26.6 Å². The van der Waals surface area contributed by atoms with Gasteiger partial charge in [-0.15, -0.1) is 5.10 Å². The van der Waals surface area contributed by atoms with E-state index in [1.807, 2.05) is 12.1 Å². The highest BCUT2D eigenvalue weighted by molar-refractivity contribution is 6.30. The molecule has 3 heterocycles. The molecule has 1 aliphatic rings. The molecule has 0 bridgehead atoms. The highest BCUT2D eigenvalue weighted by Crippen LogP contribution is 2.30. The van der Waals surface area contributed by atoms with Crippen LogP contribution in [0.2, 0.25) is 5.02 Å². The van der Waals surface area contributed by atoms with E-state index in [4.69, 9.17) is 16.0 Å². The number of hydrogen-bond donors (Lipinski definition) is 2. The van der Waals surface area contributed by atoms with Crippen LogP contribution in [0.3, 0.4) is 0 Å². The van der Waals surface area contributed by atoms with Crippen LogP contribution < -0.4 is 10.6 Å². The summed E-state index contributed by atoms with van der Waals surface area (Å²) in [4.78, 5) is 28.2. The number of halogens is 1. The van der Waals surface area contributed by atoms with Gasteiger partial charge in [-0.1, -0.05) is 23.7 Å². The van der Waals surface area contributed by atoms with Crippen LogP contribution in [-0.2, 0) is 4.79 Å². The summed E-state index contributed by atoms with van der Waals surface area (Å²) < 4.78 is 6.60. The Labute approximate surface area is 146 Å². The summed E-state index contributed by atoms with van der Waals surface area (Å²) in [6.07, 6.45) is 1.61. The first-order valence-electron chi connectivity index (χ1n) is 7.47. The van der Waals surface area contributed by atoms with Crippen LogP contribution in [0, 0.1) is 0 Å². The fraction of sp³-hybridized carbons (Fsp3) is 0.125. The Balaban J connectivity index is 1.64. The van der Waals surface area contributed by atoms with Crippen molar-refractivity contribution >= 4 is 35.3 Å². The lowest BCUT2D eigenvalue weighted by atomic mass is 10.0. The highest BCUT2D eigenvalue weighted by atomic mass is 35.5. The molecule has 0 saturated heterocycles. The molecule has 1 unspecified atom stereocenters. The topological polar surface area (TPSA) is 102 Å². The van der Waals surface area contributed by atoms with Gasteiger partial charge in [0.25, 0.3) is 11.9 Å². The second-order valence-corrected chi connectivity index (χ2v) is 5.89. The van der Waals surface area contributed by atoms with Gasteiger partial charge in [-0.25, -0.2) is 4.68 Å². The summed E-state index contributed by atoms with van der Waals surface area (Å²) in [7, 11) is 0. The minimum absolute atomic E-state index is 0.0811. The predicted molar refractivity (Wildman–Crippen MR) is 89.5 cm³/mol. The molecule has 0 spiro atoms. The number of nitrogens with zero attached hydrogens (tertiary/aromatic N) is 3. The molecule has 2 aromatic heterocycles. The van der Waals surface area contributed by atoms with Crippen molar-refractivity contribution in [2.75, 3.05) is 10.6 Å². The van der Waals surface area contributed by atoms with Crippen molar-refractivity contribution < 1.29 is 14.0 Å². The third-order valence-corrected chi connectivity index (χ3v) is 4.03. The maximum Gasteiger partial charge on any atom is 0.293 e. The van der Waals surface area contributed by atoms with E-state index in [1.165, 1.54) is 12.3 Å². The lowest BCUT2D eigenvalue weighted by molar-refractivity contribution is -0.117. The molecule has 0 aliphatic carbocycles. The van der Waals surface area contributed by atoms with E-state index in [1.54, 1.807) is 22.9 Å². The van der Waals surface area contributed by atoms with Gasteiger partial charge in [-0.2, -0.15) is 4.98 Å². The Bertz CT molecular complexity index is 933. The Morgan fingerprint density at radius 2 is 2.12 bits per heavy atom. The van der Waals surface area contributed by atoms with Crippen LogP contribution in [0.4, 0.5) is 11.9 Å². The monoisotopic (exact) mass is 357 g/mol. The zero-order chi connectivity index (χ0) is 17.4. The molecule has 0 saturated carbocycles. The van der Waals surface area contributed by atoms with E-state index in [-0.39, 0.29) is 36.0 Å². The van der Waals surface area contributed by atoms with Crippen LogP contribution in [0.1, 0.15) is 28.6 Å². The molecule has 126 valence electrons. The number of amides is 2. The average molecular weight is 358 g/mol. The van der Waals surface area contributed by atoms with Crippen LogP contribution in [0.25, 0.3) is 0 Å². The normalized spacial score (nSPS) is 16.2. The molecule has 1 aromatic carbocycles. The minimum Gasteiger partial charge on any atom is -0.459 e. The number of furan rings is 1. The molecule has 1 atom stereocenters. The van der Waals surface area contributed by atoms with Crippen molar-refractivity contribution in [1.29, 1.82) is 0 Å². The van der Waals surface area contributed by atoms with Crippen molar-refractivity contribution in [3.8, 4) is 0 Å². The van der Waals surface area contributed by atoms with Gasteiger partial charge in [0.2, 0.25) is 11.9 Å². The number of carbonyl (C=O) groups is 2. The molecular weight excluding hydrogens is 346 g/mol. The lowest BCUT2D eigenvalue weighted by Crippen LogP contribution is -2.29. The molecule has 0 radical (unpaired) electrons. The molecule has 0 fully saturated rings. The molecule has 4 rings (SSSR count). The fourth-order valence-electron chi connectivity index (χ4n) is 2.63. The van der Waals surface area contributed by atoms with E-state index in [2.05, 4.69) is 20.7 Å². The summed E-state index contributed by atoms with van der Waals surface area (Å²) in [6.45, 7) is 0. The van der Waals surface area contributed by atoms with Crippen molar-refractivity contribution in [2.24, 2.45) is 0 Å². The Morgan fingerprint density at radius 1 is 1.32 bits per heavy atom. The Kier molecular flexibility index (Phi) is 3.73. The van der Waals surface area contributed by atoms with Gasteiger partial charge in [-0.3, -0.25) is 20.2 Å². The van der Waals surface area contributed by atoms with E-state index in [0.29, 0.717) is 5.02 Å². The molecule has 25 heavy (non-hydrogen) atoms. The summed E-state index contributed by atoms with van der Waals surface area (Å²) in [5.41, 5.74) is 0.870. The zero-order valence-corrected chi connectivity index (χ0v) is 13.5. The maximum atomic E-state index is 12.0. The van der Waals surface area contributed by atoms with Crippen molar-refractivity contribution in [3.05, 3.63) is 59.0 Å². The van der Waals surface area contributed by atoms with Crippen LogP contribution in [0.15, 0.2) is 47.1 Å². The van der Waals surface area contributed by atoms with Gasteiger partial charge in [0.1, 0.15) is 0 Å². The second kappa shape index (κ2) is 6.06. The first kappa shape index (κ1) is 15.4. The number of hydrogen-bond acceptors (Lipinski definition) is 5. The van der Waals surface area contributed by atoms with Gasteiger partial charge in [0.05, 0.1) is 18.7 Å². The van der Waals surface area contributed by atoms with Gasteiger partial charge in [0.15, 0.2) is 5.76 Å². The molecule has 9 heteroatoms. The van der Waals surface area contributed by atoms with Gasteiger partial charge < -0.3 is 4.42 Å². The van der Waals surface area contributed by atoms with Crippen LogP contribution in [0.5, 0.6) is 0 Å². The van der Waals surface area contributed by atoms with Crippen molar-refractivity contribution in [2.45, 2.75) is 12.5 Å². The molecule has 1 aliphatic heterocycles. The third kappa shape index (κ3) is 2.99. The highest BCUT2D eigenvalue weighted by Gasteiger charge is 2.29. The predicted octanol–water partition coefficient (Wildman–Crippen LogP) is 2.71. The average Bonchev–Trinajstić information content (AvgIpc) is 3.24. The second-order valence-electron chi connectivity index (χ2n) is 5.45. The molecular formula is C16H12ClN5O3. The number of fused-ring (bicyclic) bond motifs is 1. The van der Waals surface area contributed by atoms with Gasteiger partial charge in [0, 0.05) is 5.02 Å². The standard InChI is InChI=1S/C16H12ClN5O3/c17-10-5-3-9(4-6-10)11-8-13(23)18-16-20-15(21-22(11)16)19-14(24)12-2-1-7-25-12/h1-7,11H,8H2,(H2,18,19,20,21,23,24). The lowest BCUT2D eigenvalue weighted by Gasteiger charge is -2.23. The summed E-state index contributed by atoms with van der Waals surface area (Å²) in [6, 6.07) is 9.97. The molecule has 8 nitrogen and oxygen atoms in total.